The van der Waals surface area contributed by atoms with Crippen molar-refractivity contribution in [3.8, 4) is 17.5 Å². The van der Waals surface area contributed by atoms with Crippen molar-refractivity contribution in [1.82, 2.24) is 9.97 Å². The summed E-state index contributed by atoms with van der Waals surface area (Å²) in [7, 11) is 1.51. The average Bonchev–Trinajstić information content (AvgIpc) is 2.47. The maximum absolute atomic E-state index is 5.72. The lowest BCUT2D eigenvalue weighted by Gasteiger charge is -2.08. The highest BCUT2D eigenvalue weighted by Crippen LogP contribution is 2.28. The van der Waals surface area contributed by atoms with E-state index in [4.69, 9.17) is 15.2 Å². The van der Waals surface area contributed by atoms with Gasteiger partial charge in [-0.2, -0.15) is 9.97 Å². The molecule has 5 nitrogen and oxygen atoms in total. The van der Waals surface area contributed by atoms with Gasteiger partial charge >= 0.3 is 0 Å². The van der Waals surface area contributed by atoms with Crippen LogP contribution in [-0.4, -0.2) is 17.1 Å². The molecule has 0 aliphatic rings. The van der Waals surface area contributed by atoms with Gasteiger partial charge in [-0.3, -0.25) is 0 Å². The lowest BCUT2D eigenvalue weighted by atomic mass is 10.1. The molecule has 6 heteroatoms. The minimum atomic E-state index is 0.106. The van der Waals surface area contributed by atoms with E-state index in [1.807, 2.05) is 36.4 Å². The van der Waals surface area contributed by atoms with Gasteiger partial charge in [-0.1, -0.05) is 28.1 Å². The van der Waals surface area contributed by atoms with Gasteiger partial charge in [0.2, 0.25) is 17.7 Å². The largest absolute Gasteiger partial charge is 0.481 e. The topological polar surface area (TPSA) is 70.3 Å². The van der Waals surface area contributed by atoms with E-state index in [-0.39, 0.29) is 5.95 Å². The summed E-state index contributed by atoms with van der Waals surface area (Å²) < 4.78 is 11.8. The van der Waals surface area contributed by atoms with Gasteiger partial charge in [0.25, 0.3) is 0 Å². The molecular formula is C15H12BrN3O2. The Labute approximate surface area is 129 Å². The van der Waals surface area contributed by atoms with Crippen molar-refractivity contribution >= 4 is 32.7 Å². The molecule has 0 bridgehead atoms. The van der Waals surface area contributed by atoms with Crippen molar-refractivity contribution in [3.05, 3.63) is 46.9 Å². The molecule has 0 saturated heterocycles. The fraction of sp³-hybridized carbons (Fsp3) is 0.0667. The molecule has 2 N–H and O–H groups in total. The molecule has 3 rings (SSSR count). The van der Waals surface area contributed by atoms with Crippen molar-refractivity contribution in [2.24, 2.45) is 0 Å². The Morgan fingerprint density at radius 3 is 2.48 bits per heavy atom. The minimum absolute atomic E-state index is 0.106. The van der Waals surface area contributed by atoms with Crippen LogP contribution in [-0.2, 0) is 0 Å². The van der Waals surface area contributed by atoms with Crippen LogP contribution in [0.4, 0.5) is 5.95 Å². The Morgan fingerprint density at radius 1 is 0.952 bits per heavy atom. The van der Waals surface area contributed by atoms with Gasteiger partial charge < -0.3 is 15.2 Å². The third-order valence-corrected chi connectivity index (χ3v) is 3.39. The van der Waals surface area contributed by atoms with Gasteiger partial charge in [-0.15, -0.1) is 0 Å². The van der Waals surface area contributed by atoms with Crippen LogP contribution in [0.3, 0.4) is 0 Å². The van der Waals surface area contributed by atoms with E-state index < -0.39 is 0 Å². The number of rotatable bonds is 3. The van der Waals surface area contributed by atoms with Crippen molar-refractivity contribution < 1.29 is 9.47 Å². The third kappa shape index (κ3) is 3.05. The fourth-order valence-electron chi connectivity index (χ4n) is 1.96. The van der Waals surface area contributed by atoms with Gasteiger partial charge in [0.15, 0.2) is 0 Å². The summed E-state index contributed by atoms with van der Waals surface area (Å²) in [5, 5.41) is 2.20. The highest BCUT2D eigenvalue weighted by atomic mass is 79.9. The molecule has 0 saturated carbocycles. The van der Waals surface area contributed by atoms with E-state index in [9.17, 15) is 0 Å². The first kappa shape index (κ1) is 13.6. The molecule has 0 fully saturated rings. The van der Waals surface area contributed by atoms with Crippen LogP contribution < -0.4 is 15.2 Å². The zero-order valence-corrected chi connectivity index (χ0v) is 12.8. The molecular weight excluding hydrogens is 334 g/mol. The molecule has 1 aromatic heterocycles. The molecule has 106 valence electrons. The lowest BCUT2D eigenvalue weighted by Crippen LogP contribution is -1.99. The van der Waals surface area contributed by atoms with Gasteiger partial charge in [0.1, 0.15) is 5.75 Å². The van der Waals surface area contributed by atoms with E-state index in [0.717, 1.165) is 15.2 Å². The van der Waals surface area contributed by atoms with Gasteiger partial charge in [-0.05, 0) is 35.0 Å². The number of hydrogen-bond donors (Lipinski definition) is 1. The summed E-state index contributed by atoms with van der Waals surface area (Å²) >= 11 is 3.45. The third-order valence-electron chi connectivity index (χ3n) is 2.90. The summed E-state index contributed by atoms with van der Waals surface area (Å²) in [6, 6.07) is 13.4. The van der Waals surface area contributed by atoms with Gasteiger partial charge in [-0.25, -0.2) is 0 Å². The second-order valence-electron chi connectivity index (χ2n) is 4.36. The number of hydrogen-bond acceptors (Lipinski definition) is 5. The van der Waals surface area contributed by atoms with Gasteiger partial charge in [0.05, 0.1) is 13.2 Å². The molecule has 0 radical (unpaired) electrons. The van der Waals surface area contributed by atoms with E-state index in [1.54, 1.807) is 6.07 Å². The smallest absolute Gasteiger partial charge is 0.227 e. The highest BCUT2D eigenvalue weighted by molar-refractivity contribution is 9.10. The second-order valence-corrected chi connectivity index (χ2v) is 5.28. The maximum Gasteiger partial charge on any atom is 0.227 e. The summed E-state index contributed by atoms with van der Waals surface area (Å²) in [6.45, 7) is 0. The number of anilines is 1. The van der Waals surface area contributed by atoms with Crippen LogP contribution in [0, 0.1) is 0 Å². The van der Waals surface area contributed by atoms with Crippen LogP contribution in [0.5, 0.6) is 17.5 Å². The quantitative estimate of drug-likeness (QED) is 0.782. The lowest BCUT2D eigenvalue weighted by molar-refractivity contribution is 0.389. The predicted molar refractivity (Wildman–Crippen MR) is 84.7 cm³/mol. The zero-order valence-electron chi connectivity index (χ0n) is 11.2. The molecule has 21 heavy (non-hydrogen) atoms. The standard InChI is InChI=1S/C15H12BrN3O2/c1-20-13-8-14(19-15(17)18-13)21-12-5-3-9-6-11(16)4-2-10(9)7-12/h2-8H,1H3,(H2,17,18,19). The van der Waals surface area contributed by atoms with Crippen molar-refractivity contribution in [2.45, 2.75) is 0 Å². The second kappa shape index (κ2) is 5.57. The summed E-state index contributed by atoms with van der Waals surface area (Å²) in [6.07, 6.45) is 0. The normalized spacial score (nSPS) is 10.6. The average molecular weight is 346 g/mol. The van der Waals surface area contributed by atoms with Crippen molar-refractivity contribution in [3.63, 3.8) is 0 Å². The number of fused-ring (bicyclic) bond motifs is 1. The van der Waals surface area contributed by atoms with Crippen molar-refractivity contribution in [2.75, 3.05) is 12.8 Å². The first-order valence-corrected chi connectivity index (χ1v) is 6.99. The molecule has 0 spiro atoms. The molecule has 0 atom stereocenters. The van der Waals surface area contributed by atoms with Crippen LogP contribution >= 0.6 is 15.9 Å². The Balaban J connectivity index is 1.94. The highest BCUT2D eigenvalue weighted by Gasteiger charge is 2.06. The predicted octanol–water partition coefficient (Wildman–Crippen LogP) is 3.78. The van der Waals surface area contributed by atoms with Gasteiger partial charge in [0, 0.05) is 4.47 Å². The van der Waals surface area contributed by atoms with Crippen molar-refractivity contribution in [1.29, 1.82) is 0 Å². The molecule has 0 aliphatic heterocycles. The number of halogens is 1. The fourth-order valence-corrected chi connectivity index (χ4v) is 2.34. The molecule has 1 heterocycles. The Hall–Kier alpha value is -2.34. The molecule has 2 aromatic carbocycles. The molecule has 0 amide bonds. The zero-order chi connectivity index (χ0) is 14.8. The number of aromatic nitrogens is 2. The number of ether oxygens (including phenoxy) is 2. The first-order chi connectivity index (χ1) is 10.1. The summed E-state index contributed by atoms with van der Waals surface area (Å²) in [5.41, 5.74) is 5.61. The molecule has 3 aromatic rings. The van der Waals surface area contributed by atoms with Crippen LogP contribution in [0.25, 0.3) is 10.8 Å². The monoisotopic (exact) mass is 345 g/mol. The summed E-state index contributed by atoms with van der Waals surface area (Å²) in [4.78, 5) is 7.94. The minimum Gasteiger partial charge on any atom is -0.481 e. The Morgan fingerprint density at radius 2 is 1.67 bits per heavy atom. The van der Waals surface area contributed by atoms with Crippen LogP contribution in [0.15, 0.2) is 46.9 Å². The molecule has 0 aliphatic carbocycles. The van der Waals surface area contributed by atoms with E-state index in [1.165, 1.54) is 7.11 Å². The Bertz CT molecular complexity index is 808. The first-order valence-electron chi connectivity index (χ1n) is 6.20. The Kier molecular flexibility index (Phi) is 3.62. The number of nitrogen functional groups attached to an aromatic ring is 1. The van der Waals surface area contributed by atoms with Crippen LogP contribution in [0.1, 0.15) is 0 Å². The molecule has 0 unspecified atom stereocenters. The number of nitrogens with two attached hydrogens (primary N) is 1. The van der Waals surface area contributed by atoms with E-state index >= 15 is 0 Å². The van der Waals surface area contributed by atoms with E-state index in [0.29, 0.717) is 17.5 Å². The summed E-state index contributed by atoms with van der Waals surface area (Å²) in [5.74, 6) is 1.48. The SMILES string of the molecule is COc1cc(Oc2ccc3cc(Br)ccc3c2)nc(N)n1. The number of benzene rings is 2. The number of nitrogens with zero attached hydrogens (tertiary/aromatic N) is 2. The van der Waals surface area contributed by atoms with E-state index in [2.05, 4.69) is 25.9 Å². The maximum atomic E-state index is 5.72. The number of methoxy groups -OCH3 is 1. The van der Waals surface area contributed by atoms with Crippen LogP contribution in [0.2, 0.25) is 0 Å².